The zero-order chi connectivity index (χ0) is 16.9. The zero-order valence-corrected chi connectivity index (χ0v) is 15.4. The van der Waals surface area contributed by atoms with Gasteiger partial charge < -0.3 is 15.4 Å². The Kier molecular flexibility index (Phi) is 7.12. The highest BCUT2D eigenvalue weighted by Gasteiger charge is 2.23. The second kappa shape index (κ2) is 9.09. The molecule has 2 N–H and O–H groups in total. The maximum absolute atomic E-state index is 12.8. The van der Waals surface area contributed by atoms with Gasteiger partial charge in [0.2, 0.25) is 0 Å². The Morgan fingerprint density at radius 3 is 2.44 bits per heavy atom. The van der Waals surface area contributed by atoms with Crippen LogP contribution in [0.15, 0.2) is 48.5 Å². The van der Waals surface area contributed by atoms with Crippen molar-refractivity contribution in [2.45, 2.75) is 25.5 Å². The highest BCUT2D eigenvalue weighted by atomic mass is 35.5. The molecule has 0 radical (unpaired) electrons. The van der Waals surface area contributed by atoms with E-state index in [2.05, 4.69) is 0 Å². The van der Waals surface area contributed by atoms with Crippen molar-refractivity contribution in [3.05, 3.63) is 64.7 Å². The first-order chi connectivity index (χ1) is 11.6. The van der Waals surface area contributed by atoms with Gasteiger partial charge in [-0.2, -0.15) is 0 Å². The number of nitrogens with zero attached hydrogens (tertiary/aromatic N) is 1. The van der Waals surface area contributed by atoms with Gasteiger partial charge in [0.25, 0.3) is 5.91 Å². The molecule has 0 aromatic heterocycles. The fourth-order valence-electron chi connectivity index (χ4n) is 2.78. The maximum atomic E-state index is 12.8. The first kappa shape index (κ1) is 19.6. The summed E-state index contributed by atoms with van der Waals surface area (Å²) in [5.74, 6) is 0.612. The molecule has 6 heteroatoms. The lowest BCUT2D eigenvalue weighted by molar-refractivity contribution is 0.0710. The average Bonchev–Trinajstić information content (AvgIpc) is 2.61. The Hall–Kier alpha value is -1.75. The fourth-order valence-corrected chi connectivity index (χ4v) is 2.91. The number of piperidine rings is 1. The van der Waals surface area contributed by atoms with Gasteiger partial charge in [-0.05, 0) is 42.7 Å². The Morgan fingerprint density at radius 1 is 1.12 bits per heavy atom. The Bertz CT molecular complexity index is 699. The van der Waals surface area contributed by atoms with Gasteiger partial charge in [-0.15, -0.1) is 12.4 Å². The third-order valence-electron chi connectivity index (χ3n) is 4.25. The van der Waals surface area contributed by atoms with E-state index in [4.69, 9.17) is 22.1 Å². The number of hydrogen-bond acceptors (Lipinski definition) is 3. The van der Waals surface area contributed by atoms with Gasteiger partial charge in [0.15, 0.2) is 0 Å². The first-order valence-electron chi connectivity index (χ1n) is 8.14. The molecule has 134 valence electrons. The largest absolute Gasteiger partial charge is 0.488 e. The average molecular weight is 381 g/mol. The maximum Gasteiger partial charge on any atom is 0.257 e. The number of hydrogen-bond donors (Lipinski definition) is 1. The predicted octanol–water partition coefficient (Wildman–Crippen LogP) is 3.90. The number of rotatable bonds is 4. The molecule has 0 aliphatic carbocycles. The number of halogens is 2. The van der Waals surface area contributed by atoms with Crippen LogP contribution in [-0.2, 0) is 6.61 Å². The molecule has 2 aromatic rings. The summed E-state index contributed by atoms with van der Waals surface area (Å²) >= 11 is 5.89. The molecule has 1 amide bonds. The number of likely N-dealkylation sites (tertiary alicyclic amines) is 1. The number of ether oxygens (including phenoxy) is 1. The second-order valence-corrected chi connectivity index (χ2v) is 6.48. The lowest BCUT2D eigenvalue weighted by atomic mass is 10.0. The Labute approximate surface area is 159 Å². The van der Waals surface area contributed by atoms with Gasteiger partial charge >= 0.3 is 0 Å². The summed E-state index contributed by atoms with van der Waals surface area (Å²) in [5, 5.41) is 0.692. The van der Waals surface area contributed by atoms with Gasteiger partial charge in [0.05, 0.1) is 5.56 Å². The third-order valence-corrected chi connectivity index (χ3v) is 4.50. The van der Waals surface area contributed by atoms with Gasteiger partial charge in [0, 0.05) is 24.2 Å². The quantitative estimate of drug-likeness (QED) is 0.874. The molecule has 3 rings (SSSR count). The first-order valence-corrected chi connectivity index (χ1v) is 8.52. The lowest BCUT2D eigenvalue weighted by Crippen LogP contribution is -2.42. The van der Waals surface area contributed by atoms with Crippen LogP contribution < -0.4 is 10.5 Å². The van der Waals surface area contributed by atoms with Crippen LogP contribution in [0.2, 0.25) is 5.02 Å². The highest BCUT2D eigenvalue weighted by molar-refractivity contribution is 6.30. The van der Waals surface area contributed by atoms with Crippen molar-refractivity contribution >= 4 is 29.9 Å². The van der Waals surface area contributed by atoms with Crippen LogP contribution in [0.25, 0.3) is 0 Å². The van der Waals surface area contributed by atoms with E-state index in [1.54, 1.807) is 0 Å². The number of carbonyl (C=O) groups excluding carboxylic acids is 1. The van der Waals surface area contributed by atoms with E-state index in [0.717, 1.165) is 18.4 Å². The monoisotopic (exact) mass is 380 g/mol. The van der Waals surface area contributed by atoms with E-state index in [0.29, 0.717) is 36.0 Å². The Morgan fingerprint density at radius 2 is 1.76 bits per heavy atom. The zero-order valence-electron chi connectivity index (χ0n) is 13.9. The second-order valence-electron chi connectivity index (χ2n) is 6.04. The smallest absolute Gasteiger partial charge is 0.257 e. The molecule has 0 atom stereocenters. The molecule has 0 unspecified atom stereocenters. The molecule has 4 nitrogen and oxygen atoms in total. The van der Waals surface area contributed by atoms with Crippen LogP contribution in [-0.4, -0.2) is 29.9 Å². The molecule has 1 aliphatic heterocycles. The van der Waals surface area contributed by atoms with Crippen LogP contribution in [0.3, 0.4) is 0 Å². The summed E-state index contributed by atoms with van der Waals surface area (Å²) in [7, 11) is 0. The molecule has 0 saturated carbocycles. The van der Waals surface area contributed by atoms with Crippen molar-refractivity contribution in [1.29, 1.82) is 0 Å². The van der Waals surface area contributed by atoms with Gasteiger partial charge in [-0.1, -0.05) is 35.9 Å². The van der Waals surface area contributed by atoms with Crippen LogP contribution >= 0.6 is 24.0 Å². The predicted molar refractivity (Wildman–Crippen MR) is 103 cm³/mol. The highest BCUT2D eigenvalue weighted by Crippen LogP contribution is 2.23. The van der Waals surface area contributed by atoms with Crippen LogP contribution in [0.5, 0.6) is 5.75 Å². The van der Waals surface area contributed by atoms with Gasteiger partial charge in [-0.25, -0.2) is 0 Å². The van der Waals surface area contributed by atoms with E-state index in [9.17, 15) is 4.79 Å². The molecular formula is C19H22Cl2N2O2. The molecule has 25 heavy (non-hydrogen) atoms. The van der Waals surface area contributed by atoms with E-state index >= 15 is 0 Å². The van der Waals surface area contributed by atoms with Crippen molar-refractivity contribution in [1.82, 2.24) is 4.90 Å². The summed E-state index contributed by atoms with van der Waals surface area (Å²) in [6.45, 7) is 1.80. The molecule has 0 bridgehead atoms. The topological polar surface area (TPSA) is 55.6 Å². The van der Waals surface area contributed by atoms with Crippen molar-refractivity contribution in [2.75, 3.05) is 13.1 Å². The lowest BCUT2D eigenvalue weighted by Gasteiger charge is -2.30. The number of nitrogens with two attached hydrogens (primary N) is 1. The van der Waals surface area contributed by atoms with Gasteiger partial charge in [-0.3, -0.25) is 4.79 Å². The van der Waals surface area contributed by atoms with Crippen LogP contribution in [0, 0.1) is 0 Å². The van der Waals surface area contributed by atoms with Crippen LogP contribution in [0.4, 0.5) is 0 Å². The van der Waals surface area contributed by atoms with Crippen molar-refractivity contribution in [2.24, 2.45) is 5.73 Å². The minimum atomic E-state index is 0. The van der Waals surface area contributed by atoms with E-state index in [1.807, 2.05) is 53.4 Å². The number of para-hydroxylation sites is 1. The number of carbonyl (C=O) groups is 1. The fraction of sp³-hybridized carbons (Fsp3) is 0.316. The molecule has 2 aromatic carbocycles. The third kappa shape index (κ3) is 5.11. The molecule has 1 fully saturated rings. The van der Waals surface area contributed by atoms with Crippen LogP contribution in [0.1, 0.15) is 28.8 Å². The summed E-state index contributed by atoms with van der Waals surface area (Å²) in [5.41, 5.74) is 7.52. The van der Waals surface area contributed by atoms with E-state index in [-0.39, 0.29) is 24.4 Å². The SMILES string of the molecule is Cl.NC1CCN(C(=O)c2ccccc2OCc2ccc(Cl)cc2)CC1. The summed E-state index contributed by atoms with van der Waals surface area (Å²) in [4.78, 5) is 14.6. The molecule has 1 heterocycles. The van der Waals surface area contributed by atoms with Gasteiger partial charge in [0.1, 0.15) is 12.4 Å². The van der Waals surface area contributed by atoms with Crippen molar-refractivity contribution in [3.8, 4) is 5.75 Å². The minimum Gasteiger partial charge on any atom is -0.488 e. The minimum absolute atomic E-state index is 0. The number of benzene rings is 2. The summed E-state index contributed by atoms with van der Waals surface area (Å²) in [6, 6.07) is 15.1. The summed E-state index contributed by atoms with van der Waals surface area (Å²) in [6.07, 6.45) is 1.69. The standard InChI is InChI=1S/C19H21ClN2O2.ClH/c20-15-7-5-14(6-8-15)13-24-18-4-2-1-3-17(18)19(23)22-11-9-16(21)10-12-22;/h1-8,16H,9-13,21H2;1H. The molecule has 0 spiro atoms. The molecular weight excluding hydrogens is 359 g/mol. The molecule has 1 saturated heterocycles. The van der Waals surface area contributed by atoms with Crippen molar-refractivity contribution < 1.29 is 9.53 Å². The van der Waals surface area contributed by atoms with Crippen molar-refractivity contribution in [3.63, 3.8) is 0 Å². The molecule has 1 aliphatic rings. The van der Waals surface area contributed by atoms with E-state index < -0.39 is 0 Å². The summed E-state index contributed by atoms with van der Waals surface area (Å²) < 4.78 is 5.88. The van der Waals surface area contributed by atoms with E-state index in [1.165, 1.54) is 0 Å². The normalized spacial score (nSPS) is 14.7. The number of amides is 1. The Balaban J connectivity index is 0.00000225.